The largest absolute Gasteiger partial charge is 0.463 e. The van der Waals surface area contributed by atoms with E-state index in [1.54, 1.807) is 12.3 Å². The van der Waals surface area contributed by atoms with Gasteiger partial charge in [0, 0.05) is 37.6 Å². The van der Waals surface area contributed by atoms with Crippen LogP contribution < -0.4 is 10.9 Å². The van der Waals surface area contributed by atoms with E-state index in [1.807, 2.05) is 17.4 Å². The summed E-state index contributed by atoms with van der Waals surface area (Å²) in [5, 5.41) is 7.75. The van der Waals surface area contributed by atoms with E-state index in [0.717, 1.165) is 17.8 Å². The fourth-order valence-corrected chi connectivity index (χ4v) is 4.56. The van der Waals surface area contributed by atoms with Crippen LogP contribution in [0.25, 0.3) is 16.6 Å². The zero-order chi connectivity index (χ0) is 20.5. The van der Waals surface area contributed by atoms with Gasteiger partial charge in [-0.25, -0.2) is 4.68 Å². The van der Waals surface area contributed by atoms with Crippen LogP contribution in [0.15, 0.2) is 27.6 Å². The van der Waals surface area contributed by atoms with Gasteiger partial charge in [0.25, 0.3) is 5.56 Å². The van der Waals surface area contributed by atoms with Crippen molar-refractivity contribution in [3.05, 3.63) is 34.6 Å². The van der Waals surface area contributed by atoms with Gasteiger partial charge in [0.05, 0.1) is 11.8 Å². The number of amides is 1. The molecule has 3 aromatic heterocycles. The van der Waals surface area contributed by atoms with Crippen molar-refractivity contribution in [3.63, 3.8) is 0 Å². The van der Waals surface area contributed by atoms with E-state index >= 15 is 0 Å². The maximum atomic E-state index is 12.9. The average Bonchev–Trinajstić information content (AvgIpc) is 3.29. The molecule has 0 radical (unpaired) electrons. The average molecular weight is 399 g/mol. The summed E-state index contributed by atoms with van der Waals surface area (Å²) in [5.74, 6) is 2.05. The minimum Gasteiger partial charge on any atom is -0.463 e. The number of nitrogens with one attached hydrogen (secondary N) is 1. The predicted molar refractivity (Wildman–Crippen MR) is 112 cm³/mol. The SMILES string of the molecule is CCc1nn(CCCC(=O)NC2CCCC(C)C2C)c(=O)c2cc3occc3n12. The highest BCUT2D eigenvalue weighted by Gasteiger charge is 2.27. The lowest BCUT2D eigenvalue weighted by Gasteiger charge is -2.34. The molecular formula is C22H30N4O3. The molecule has 3 unspecified atom stereocenters. The molecule has 3 aromatic rings. The van der Waals surface area contributed by atoms with Crippen molar-refractivity contribution in [1.82, 2.24) is 19.5 Å². The third-order valence-electron chi connectivity index (χ3n) is 6.51. The van der Waals surface area contributed by atoms with Gasteiger partial charge in [-0.05, 0) is 24.7 Å². The van der Waals surface area contributed by atoms with Gasteiger partial charge in [-0.3, -0.25) is 14.0 Å². The van der Waals surface area contributed by atoms with Crippen molar-refractivity contribution in [2.45, 2.75) is 71.9 Å². The van der Waals surface area contributed by atoms with Crippen LogP contribution in [0.2, 0.25) is 0 Å². The Morgan fingerprint density at radius 1 is 1.31 bits per heavy atom. The molecule has 1 aliphatic rings. The standard InChI is InChI=1S/C22H30N4O3/c1-4-20-24-25(22(28)18-13-19-17(26(18)20)10-12-29-19)11-6-9-21(27)23-16-8-5-7-14(2)15(16)3/h10,12-16H,4-9,11H2,1-3H3,(H,23,27). The molecule has 0 spiro atoms. The molecule has 7 heteroatoms. The van der Waals surface area contributed by atoms with Crippen LogP contribution in [-0.2, 0) is 17.8 Å². The summed E-state index contributed by atoms with van der Waals surface area (Å²) in [6, 6.07) is 3.89. The Bertz CT molecular complexity index is 1080. The van der Waals surface area contributed by atoms with Crippen molar-refractivity contribution in [2.24, 2.45) is 11.8 Å². The van der Waals surface area contributed by atoms with Gasteiger partial charge in [-0.15, -0.1) is 0 Å². The first-order chi connectivity index (χ1) is 14.0. The predicted octanol–water partition coefficient (Wildman–Crippen LogP) is 3.53. The molecule has 1 N–H and O–H groups in total. The van der Waals surface area contributed by atoms with Gasteiger partial charge >= 0.3 is 0 Å². The van der Waals surface area contributed by atoms with E-state index in [-0.39, 0.29) is 17.5 Å². The Morgan fingerprint density at radius 2 is 2.14 bits per heavy atom. The first kappa shape index (κ1) is 19.7. The number of carbonyl (C=O) groups excluding carboxylic acids is 1. The van der Waals surface area contributed by atoms with Crippen LogP contribution >= 0.6 is 0 Å². The van der Waals surface area contributed by atoms with Gasteiger partial charge in [-0.2, -0.15) is 5.10 Å². The van der Waals surface area contributed by atoms with E-state index in [9.17, 15) is 9.59 Å². The lowest BCUT2D eigenvalue weighted by molar-refractivity contribution is -0.122. The summed E-state index contributed by atoms with van der Waals surface area (Å²) in [6.45, 7) is 6.94. The fraction of sp³-hybridized carbons (Fsp3) is 0.591. The number of carbonyl (C=O) groups is 1. The van der Waals surface area contributed by atoms with Crippen LogP contribution in [0, 0.1) is 11.8 Å². The van der Waals surface area contributed by atoms with E-state index in [2.05, 4.69) is 24.3 Å². The molecule has 3 atom stereocenters. The van der Waals surface area contributed by atoms with Crippen molar-refractivity contribution in [3.8, 4) is 0 Å². The number of rotatable bonds is 6. The molecule has 0 aromatic carbocycles. The zero-order valence-electron chi connectivity index (χ0n) is 17.5. The second kappa shape index (κ2) is 8.05. The first-order valence-electron chi connectivity index (χ1n) is 10.8. The van der Waals surface area contributed by atoms with E-state index in [0.29, 0.717) is 48.7 Å². The highest BCUT2D eigenvalue weighted by molar-refractivity contribution is 5.82. The van der Waals surface area contributed by atoms with Gasteiger partial charge < -0.3 is 9.73 Å². The van der Waals surface area contributed by atoms with Crippen molar-refractivity contribution >= 4 is 22.5 Å². The molecule has 156 valence electrons. The number of hydrogen-bond acceptors (Lipinski definition) is 4. The molecule has 1 fully saturated rings. The van der Waals surface area contributed by atoms with Crippen molar-refractivity contribution in [2.75, 3.05) is 0 Å². The lowest BCUT2D eigenvalue weighted by atomic mass is 9.78. The molecular weight excluding hydrogens is 368 g/mol. The Labute approximate surface area is 170 Å². The van der Waals surface area contributed by atoms with Crippen LogP contribution in [-0.4, -0.2) is 26.1 Å². The Hall–Kier alpha value is -2.57. The van der Waals surface area contributed by atoms with Crippen molar-refractivity contribution in [1.29, 1.82) is 0 Å². The molecule has 1 aliphatic carbocycles. The number of aryl methyl sites for hydroxylation is 2. The monoisotopic (exact) mass is 398 g/mol. The van der Waals surface area contributed by atoms with Gasteiger partial charge in [0.1, 0.15) is 11.3 Å². The molecule has 1 saturated carbocycles. The molecule has 4 rings (SSSR count). The van der Waals surface area contributed by atoms with Gasteiger partial charge in [0.15, 0.2) is 5.58 Å². The number of nitrogens with zero attached hydrogens (tertiary/aromatic N) is 3. The molecule has 0 bridgehead atoms. The second-order valence-electron chi connectivity index (χ2n) is 8.38. The number of furan rings is 1. The Balaban J connectivity index is 1.44. The molecule has 1 amide bonds. The van der Waals surface area contributed by atoms with Crippen LogP contribution in [0.1, 0.15) is 58.7 Å². The molecule has 3 heterocycles. The quantitative estimate of drug-likeness (QED) is 0.689. The summed E-state index contributed by atoms with van der Waals surface area (Å²) in [6.07, 6.45) is 6.79. The number of aromatic nitrogens is 3. The van der Waals surface area contributed by atoms with Gasteiger partial charge in [-0.1, -0.05) is 33.6 Å². The summed E-state index contributed by atoms with van der Waals surface area (Å²) >= 11 is 0. The number of fused-ring (bicyclic) bond motifs is 3. The summed E-state index contributed by atoms with van der Waals surface area (Å²) in [7, 11) is 0. The third-order valence-corrected chi connectivity index (χ3v) is 6.51. The maximum Gasteiger partial charge on any atom is 0.291 e. The molecule has 7 nitrogen and oxygen atoms in total. The topological polar surface area (TPSA) is 81.5 Å². The normalized spacial score (nSPS) is 22.4. The summed E-state index contributed by atoms with van der Waals surface area (Å²) in [4.78, 5) is 25.3. The second-order valence-corrected chi connectivity index (χ2v) is 8.38. The zero-order valence-corrected chi connectivity index (χ0v) is 17.5. The van der Waals surface area contributed by atoms with Crippen LogP contribution in [0.3, 0.4) is 0 Å². The minimum atomic E-state index is -0.149. The first-order valence-corrected chi connectivity index (χ1v) is 10.8. The highest BCUT2D eigenvalue weighted by atomic mass is 16.3. The van der Waals surface area contributed by atoms with Crippen LogP contribution in [0.4, 0.5) is 0 Å². The summed E-state index contributed by atoms with van der Waals surface area (Å²) in [5.41, 5.74) is 1.97. The Kier molecular flexibility index (Phi) is 5.48. The Morgan fingerprint density at radius 3 is 2.93 bits per heavy atom. The smallest absolute Gasteiger partial charge is 0.291 e. The summed E-state index contributed by atoms with van der Waals surface area (Å²) < 4.78 is 8.81. The van der Waals surface area contributed by atoms with E-state index < -0.39 is 0 Å². The van der Waals surface area contributed by atoms with Gasteiger partial charge in [0.2, 0.25) is 5.91 Å². The third kappa shape index (κ3) is 3.70. The van der Waals surface area contributed by atoms with E-state index in [1.165, 1.54) is 17.5 Å². The van der Waals surface area contributed by atoms with Crippen molar-refractivity contribution < 1.29 is 9.21 Å². The van der Waals surface area contributed by atoms with Crippen LogP contribution in [0.5, 0.6) is 0 Å². The minimum absolute atomic E-state index is 0.0704. The maximum absolute atomic E-state index is 12.9. The molecule has 0 saturated heterocycles. The highest BCUT2D eigenvalue weighted by Crippen LogP contribution is 2.29. The molecule has 29 heavy (non-hydrogen) atoms. The van der Waals surface area contributed by atoms with E-state index in [4.69, 9.17) is 4.42 Å². The lowest BCUT2D eigenvalue weighted by Crippen LogP contribution is -2.43. The fourth-order valence-electron chi connectivity index (χ4n) is 4.56. The number of hydrogen-bond donors (Lipinski definition) is 1. The molecule has 0 aliphatic heterocycles.